The minimum absolute atomic E-state index is 0.742. The van der Waals surface area contributed by atoms with Crippen LogP contribution < -0.4 is 5.32 Å². The van der Waals surface area contributed by atoms with Crippen molar-refractivity contribution in [2.45, 2.75) is 20.8 Å². The first-order valence-electron chi connectivity index (χ1n) is 10.9. The van der Waals surface area contributed by atoms with E-state index < -0.39 is 0 Å². The smallest absolute Gasteiger partial charge is 0.0603 e. The Morgan fingerprint density at radius 2 is 1.66 bits per heavy atom. The van der Waals surface area contributed by atoms with Crippen molar-refractivity contribution in [3.05, 3.63) is 124 Å². The first-order chi connectivity index (χ1) is 15.6. The summed E-state index contributed by atoms with van der Waals surface area (Å²) in [7, 11) is 0. The highest BCUT2D eigenvalue weighted by Crippen LogP contribution is 2.36. The molecule has 1 aliphatic carbocycles. The summed E-state index contributed by atoms with van der Waals surface area (Å²) in [5.74, 6) is 0. The molecule has 3 aromatic rings. The fourth-order valence-electron chi connectivity index (χ4n) is 3.94. The van der Waals surface area contributed by atoms with Gasteiger partial charge in [0.1, 0.15) is 0 Å². The molecule has 0 amide bonds. The molecule has 0 bridgehead atoms. The van der Waals surface area contributed by atoms with Crippen LogP contribution in [0.15, 0.2) is 107 Å². The van der Waals surface area contributed by atoms with Gasteiger partial charge in [-0.05, 0) is 91.1 Å². The SMILES string of the molecule is CCN=C1C=C/C(=C(\c2ccc(Nc3ccccc3)c(C)c2)c2ccccc2Cl)C=C1C. The van der Waals surface area contributed by atoms with Gasteiger partial charge in [0.25, 0.3) is 0 Å². The molecule has 3 heteroatoms. The van der Waals surface area contributed by atoms with Crippen molar-refractivity contribution in [2.24, 2.45) is 4.99 Å². The molecule has 0 radical (unpaired) electrons. The highest BCUT2D eigenvalue weighted by atomic mass is 35.5. The summed E-state index contributed by atoms with van der Waals surface area (Å²) in [5.41, 5.74) is 9.94. The van der Waals surface area contributed by atoms with E-state index in [9.17, 15) is 0 Å². The van der Waals surface area contributed by atoms with Gasteiger partial charge in [-0.1, -0.05) is 60.1 Å². The number of para-hydroxylation sites is 1. The first kappa shape index (κ1) is 21.9. The monoisotopic (exact) mass is 438 g/mol. The Balaban J connectivity index is 1.82. The maximum absolute atomic E-state index is 6.67. The van der Waals surface area contributed by atoms with Crippen LogP contribution in [-0.4, -0.2) is 12.3 Å². The highest BCUT2D eigenvalue weighted by molar-refractivity contribution is 6.32. The summed E-state index contributed by atoms with van der Waals surface area (Å²) in [6.45, 7) is 7.08. The van der Waals surface area contributed by atoms with E-state index in [2.05, 4.69) is 85.7 Å². The number of aryl methyl sites for hydroxylation is 1. The largest absolute Gasteiger partial charge is 0.355 e. The van der Waals surface area contributed by atoms with Gasteiger partial charge in [0.05, 0.1) is 5.71 Å². The summed E-state index contributed by atoms with van der Waals surface area (Å²) < 4.78 is 0. The molecule has 0 fully saturated rings. The van der Waals surface area contributed by atoms with Crippen LogP contribution in [0.2, 0.25) is 5.02 Å². The number of hydrogen-bond acceptors (Lipinski definition) is 2. The Hall–Kier alpha value is -3.36. The van der Waals surface area contributed by atoms with Crippen LogP contribution in [0, 0.1) is 6.92 Å². The van der Waals surface area contributed by atoms with Crippen molar-refractivity contribution >= 4 is 34.3 Å². The van der Waals surface area contributed by atoms with Gasteiger partial charge in [0.2, 0.25) is 0 Å². The number of allylic oxidation sites excluding steroid dienone is 5. The number of hydrogen-bond donors (Lipinski definition) is 1. The molecular weight excluding hydrogens is 412 g/mol. The summed E-state index contributed by atoms with van der Waals surface area (Å²) in [6.07, 6.45) is 6.45. The third-order valence-corrected chi connectivity index (χ3v) is 5.85. The van der Waals surface area contributed by atoms with E-state index in [4.69, 9.17) is 11.6 Å². The topological polar surface area (TPSA) is 24.4 Å². The fourth-order valence-corrected chi connectivity index (χ4v) is 4.17. The van der Waals surface area contributed by atoms with Crippen LogP contribution in [0.25, 0.3) is 5.57 Å². The zero-order chi connectivity index (χ0) is 22.5. The summed E-state index contributed by atoms with van der Waals surface area (Å²) >= 11 is 6.67. The van der Waals surface area contributed by atoms with Gasteiger partial charge in [0, 0.05) is 28.5 Å². The van der Waals surface area contributed by atoms with Crippen molar-refractivity contribution < 1.29 is 0 Å². The van der Waals surface area contributed by atoms with Crippen LogP contribution in [-0.2, 0) is 0 Å². The quantitative estimate of drug-likeness (QED) is 0.426. The molecule has 0 unspecified atom stereocenters. The molecular formula is C29H27ClN2. The second-order valence-corrected chi connectivity index (χ2v) is 8.26. The zero-order valence-corrected chi connectivity index (χ0v) is 19.4. The van der Waals surface area contributed by atoms with E-state index in [-0.39, 0.29) is 0 Å². The molecule has 2 nitrogen and oxygen atoms in total. The molecule has 0 atom stereocenters. The predicted octanol–water partition coefficient (Wildman–Crippen LogP) is 8.17. The minimum Gasteiger partial charge on any atom is -0.355 e. The van der Waals surface area contributed by atoms with Gasteiger partial charge in [-0.25, -0.2) is 0 Å². The highest BCUT2D eigenvalue weighted by Gasteiger charge is 2.16. The van der Waals surface area contributed by atoms with Gasteiger partial charge in [0.15, 0.2) is 0 Å². The molecule has 1 aliphatic rings. The van der Waals surface area contributed by atoms with Crippen LogP contribution in [0.3, 0.4) is 0 Å². The molecule has 0 heterocycles. The Kier molecular flexibility index (Phi) is 6.72. The van der Waals surface area contributed by atoms with Crippen molar-refractivity contribution in [3.8, 4) is 0 Å². The molecule has 0 aromatic heterocycles. The van der Waals surface area contributed by atoms with Crippen molar-refractivity contribution in [3.63, 3.8) is 0 Å². The van der Waals surface area contributed by atoms with Gasteiger partial charge < -0.3 is 5.32 Å². The second kappa shape index (κ2) is 9.84. The standard InChI is InChI=1S/C29H27ClN2/c1-4-31-27-16-14-22(18-20(27)2)29(25-12-8-9-13-26(25)30)23-15-17-28(21(3)19-23)32-24-10-6-5-7-11-24/h5-19,32H,4H2,1-3H3/b29-22-,31-27?. The van der Waals surface area contributed by atoms with Gasteiger partial charge in [-0.2, -0.15) is 0 Å². The average Bonchev–Trinajstić information content (AvgIpc) is 2.80. The molecule has 0 aliphatic heterocycles. The second-order valence-electron chi connectivity index (χ2n) is 7.85. The Labute approximate surface area is 195 Å². The minimum atomic E-state index is 0.742. The number of anilines is 2. The zero-order valence-electron chi connectivity index (χ0n) is 18.7. The number of nitrogens with zero attached hydrogens (tertiary/aromatic N) is 1. The maximum Gasteiger partial charge on any atom is 0.0603 e. The molecule has 160 valence electrons. The molecule has 1 N–H and O–H groups in total. The average molecular weight is 439 g/mol. The van der Waals surface area contributed by atoms with Crippen LogP contribution in [0.5, 0.6) is 0 Å². The predicted molar refractivity (Wildman–Crippen MR) is 139 cm³/mol. The molecule has 4 rings (SSSR count). The van der Waals surface area contributed by atoms with E-state index in [0.29, 0.717) is 0 Å². The van der Waals surface area contributed by atoms with Crippen LogP contribution in [0.4, 0.5) is 11.4 Å². The lowest BCUT2D eigenvalue weighted by atomic mass is 9.88. The van der Waals surface area contributed by atoms with Crippen LogP contribution >= 0.6 is 11.6 Å². The molecule has 0 saturated heterocycles. The normalized spacial score (nSPS) is 16.1. The summed E-state index contributed by atoms with van der Waals surface area (Å²) in [4.78, 5) is 4.59. The number of aliphatic imine (C=N–C) groups is 1. The van der Waals surface area contributed by atoms with E-state index in [1.54, 1.807) is 0 Å². The lowest BCUT2D eigenvalue weighted by Gasteiger charge is -2.18. The number of rotatable bonds is 5. The maximum atomic E-state index is 6.67. The van der Waals surface area contributed by atoms with Crippen molar-refractivity contribution in [1.29, 1.82) is 0 Å². The number of halogens is 1. The van der Waals surface area contributed by atoms with E-state index >= 15 is 0 Å². The Morgan fingerprint density at radius 3 is 2.34 bits per heavy atom. The third-order valence-electron chi connectivity index (χ3n) is 5.52. The number of benzene rings is 3. The van der Waals surface area contributed by atoms with Crippen molar-refractivity contribution in [1.82, 2.24) is 0 Å². The molecule has 32 heavy (non-hydrogen) atoms. The van der Waals surface area contributed by atoms with E-state index in [1.165, 1.54) is 5.56 Å². The first-order valence-corrected chi connectivity index (χ1v) is 11.3. The van der Waals surface area contributed by atoms with Crippen molar-refractivity contribution in [2.75, 3.05) is 11.9 Å². The summed E-state index contributed by atoms with van der Waals surface area (Å²) in [6, 6.07) is 24.8. The van der Waals surface area contributed by atoms with Gasteiger partial charge >= 0.3 is 0 Å². The van der Waals surface area contributed by atoms with Gasteiger partial charge in [-0.15, -0.1) is 0 Å². The number of nitrogens with one attached hydrogen (secondary N) is 1. The molecule has 0 saturated carbocycles. The van der Waals surface area contributed by atoms with E-state index in [0.717, 1.165) is 56.5 Å². The lowest BCUT2D eigenvalue weighted by Crippen LogP contribution is -2.04. The Morgan fingerprint density at radius 1 is 0.906 bits per heavy atom. The van der Waals surface area contributed by atoms with Crippen LogP contribution in [0.1, 0.15) is 30.5 Å². The van der Waals surface area contributed by atoms with Gasteiger partial charge in [-0.3, -0.25) is 4.99 Å². The Bertz CT molecular complexity index is 1250. The fraction of sp³-hybridized carbons (Fsp3) is 0.138. The summed E-state index contributed by atoms with van der Waals surface area (Å²) in [5, 5.41) is 4.25. The van der Waals surface area contributed by atoms with E-state index in [1.807, 2.05) is 36.4 Å². The molecule has 3 aromatic carbocycles. The lowest BCUT2D eigenvalue weighted by molar-refractivity contribution is 1.13. The third kappa shape index (κ3) is 4.76. The molecule has 0 spiro atoms.